The van der Waals surface area contributed by atoms with E-state index in [1.165, 1.54) is 16.0 Å². The van der Waals surface area contributed by atoms with Crippen molar-refractivity contribution < 1.29 is 38.4 Å². The van der Waals surface area contributed by atoms with Crippen molar-refractivity contribution in [2.45, 2.75) is 99.5 Å². The summed E-state index contributed by atoms with van der Waals surface area (Å²) >= 11 is 0. The molecule has 0 saturated carbocycles. The maximum Gasteiger partial charge on any atom is 0.415 e. The third-order valence-corrected chi connectivity index (χ3v) is 10.4. The smallest absolute Gasteiger partial charge is 0.415 e. The summed E-state index contributed by atoms with van der Waals surface area (Å²) < 4.78 is 23.2. The van der Waals surface area contributed by atoms with Crippen LogP contribution in [0.15, 0.2) is 109 Å². The average Bonchev–Trinajstić information content (AvgIpc) is 3.36. The molecule has 2 amide bonds. The Morgan fingerprint density at radius 1 is 0.597 bits per heavy atom. The van der Waals surface area contributed by atoms with E-state index in [0.29, 0.717) is 79.5 Å². The van der Waals surface area contributed by atoms with Gasteiger partial charge in [0.25, 0.3) is 0 Å². The molecule has 1 N–H and O–H groups in total. The first-order valence-electron chi connectivity index (χ1n) is 22.6. The Morgan fingerprint density at radius 3 is 1.40 bits per heavy atom. The van der Waals surface area contributed by atoms with E-state index in [-0.39, 0.29) is 38.5 Å². The van der Waals surface area contributed by atoms with Crippen LogP contribution in [0.4, 0.5) is 21.0 Å². The zero-order valence-electron chi connectivity index (χ0n) is 41.4. The third kappa shape index (κ3) is 15.0. The molecule has 0 aliphatic heterocycles. The van der Waals surface area contributed by atoms with Crippen LogP contribution in [0.1, 0.15) is 113 Å². The molecule has 0 spiro atoms. The van der Waals surface area contributed by atoms with Crippen molar-refractivity contribution in [3.63, 3.8) is 0 Å². The maximum absolute atomic E-state index is 13.1. The van der Waals surface area contributed by atoms with Crippen LogP contribution in [-0.2, 0) is 42.4 Å². The Morgan fingerprint density at radius 2 is 1.00 bits per heavy atom. The summed E-state index contributed by atoms with van der Waals surface area (Å²) in [6.45, 7) is 14.2. The molecule has 0 unspecified atom stereocenters. The van der Waals surface area contributed by atoms with Crippen molar-refractivity contribution >= 4 is 29.8 Å². The minimum absolute atomic E-state index is 0.0115. The van der Waals surface area contributed by atoms with Crippen molar-refractivity contribution in [2.75, 3.05) is 9.80 Å². The van der Waals surface area contributed by atoms with Gasteiger partial charge in [-0.25, -0.2) is 9.59 Å². The van der Waals surface area contributed by atoms with Gasteiger partial charge in [0.05, 0.1) is 83.2 Å². The molecule has 0 bridgehead atoms. The lowest BCUT2D eigenvalue weighted by molar-refractivity contribution is 0.0566. The van der Waals surface area contributed by atoms with Gasteiger partial charge < -0.3 is 24.1 Å². The van der Waals surface area contributed by atoms with Crippen molar-refractivity contribution in [2.24, 2.45) is 0 Å². The van der Waals surface area contributed by atoms with Gasteiger partial charge in [-0.2, -0.15) is 21.0 Å². The largest absolute Gasteiger partial charge is 0.487 e. The van der Waals surface area contributed by atoms with E-state index < -0.39 is 23.4 Å². The third-order valence-electron chi connectivity index (χ3n) is 10.4. The normalized spacial score (nSPS) is 10.7. The summed E-state index contributed by atoms with van der Waals surface area (Å²) in [7, 11) is 0. The molecule has 2 heterocycles. The molecule has 0 aliphatic carbocycles. The number of aldehydes is 1. The molecule has 16 nitrogen and oxygen atoms in total. The van der Waals surface area contributed by atoms with Crippen LogP contribution in [-0.4, -0.2) is 44.7 Å². The summed E-state index contributed by atoms with van der Waals surface area (Å²) in [5, 5.41) is 46.8. The standard InChI is InChI=1S/C28H28N4O4.C28H26N4O4/c2*1-19-26(35-18-22-7-5-6-21(12-22)14-30)25(17-33)23(15-31-19)16-32(27(34)36-28(2,3)4)24-10-8-20(13-29)9-11-24/h5-12,15,33H,16-18H2,1-4H3;5-12,15,17H,16,18H2,1-4H3. The van der Waals surface area contributed by atoms with Gasteiger partial charge in [0.1, 0.15) is 30.2 Å². The first-order valence-corrected chi connectivity index (χ1v) is 22.6. The molecule has 6 aromatic rings. The lowest BCUT2D eigenvalue weighted by Gasteiger charge is -2.28. The number of nitriles is 4. The average molecular weight is 967 g/mol. The fourth-order valence-electron chi connectivity index (χ4n) is 6.96. The fourth-order valence-corrected chi connectivity index (χ4v) is 6.96. The van der Waals surface area contributed by atoms with Crippen LogP contribution in [0.5, 0.6) is 11.5 Å². The Kier molecular flexibility index (Phi) is 18.3. The molecule has 4 aromatic carbocycles. The number of hydrogen-bond acceptors (Lipinski definition) is 14. The summed E-state index contributed by atoms with van der Waals surface area (Å²) in [6.07, 6.45) is 2.62. The zero-order chi connectivity index (χ0) is 52.6. The number of amides is 2. The summed E-state index contributed by atoms with van der Waals surface area (Å²) in [4.78, 5) is 50.1. The molecule has 0 aliphatic rings. The van der Waals surface area contributed by atoms with Crippen LogP contribution in [0, 0.1) is 59.2 Å². The van der Waals surface area contributed by atoms with E-state index in [0.717, 1.165) is 11.1 Å². The highest BCUT2D eigenvalue weighted by Crippen LogP contribution is 2.31. The quantitative estimate of drug-likeness (QED) is 0.1000. The summed E-state index contributed by atoms with van der Waals surface area (Å²) in [5.74, 6) is 0.718. The minimum atomic E-state index is -0.743. The number of carbonyl (C=O) groups is 3. The maximum atomic E-state index is 13.1. The molecule has 366 valence electrons. The monoisotopic (exact) mass is 966 g/mol. The number of aliphatic hydroxyl groups is 1. The molecule has 72 heavy (non-hydrogen) atoms. The number of ether oxygens (including phenoxy) is 4. The Balaban J connectivity index is 0.000000267. The molecular formula is C56H54N8O8. The number of rotatable bonds is 14. The second-order valence-corrected chi connectivity index (χ2v) is 18.2. The number of nitrogens with zero attached hydrogens (tertiary/aromatic N) is 8. The van der Waals surface area contributed by atoms with Crippen LogP contribution >= 0.6 is 0 Å². The molecule has 0 radical (unpaired) electrons. The van der Waals surface area contributed by atoms with Gasteiger partial charge in [-0.15, -0.1) is 0 Å². The SMILES string of the molecule is Cc1ncc(CN(C(=O)OC(C)(C)C)c2ccc(C#N)cc2)c(C=O)c1OCc1cccc(C#N)c1.Cc1ncc(CN(C(=O)OC(C)(C)C)c2ccc(C#N)cc2)c(CO)c1OCc1cccc(C#N)c1. The van der Waals surface area contributed by atoms with Gasteiger partial charge in [0.2, 0.25) is 0 Å². The molecule has 0 saturated heterocycles. The first kappa shape index (κ1) is 53.9. The number of aliphatic hydroxyl groups excluding tert-OH is 1. The number of carbonyl (C=O) groups excluding carboxylic acids is 3. The van der Waals surface area contributed by atoms with E-state index in [2.05, 4.69) is 34.2 Å². The number of aryl methyl sites for hydroxylation is 2. The Bertz CT molecular complexity index is 3080. The first-order chi connectivity index (χ1) is 34.3. The van der Waals surface area contributed by atoms with Gasteiger partial charge in [0.15, 0.2) is 12.0 Å². The van der Waals surface area contributed by atoms with Gasteiger partial charge in [-0.1, -0.05) is 24.3 Å². The Hall–Kier alpha value is -9.09. The van der Waals surface area contributed by atoms with E-state index in [4.69, 9.17) is 40.0 Å². The lowest BCUT2D eigenvalue weighted by atomic mass is 10.1. The number of aromatic nitrogens is 2. The molecule has 0 atom stereocenters. The van der Waals surface area contributed by atoms with Crippen LogP contribution in [0.2, 0.25) is 0 Å². The predicted octanol–water partition coefficient (Wildman–Crippen LogP) is 10.6. The van der Waals surface area contributed by atoms with E-state index in [1.807, 2.05) is 12.1 Å². The van der Waals surface area contributed by atoms with E-state index in [9.17, 15) is 19.5 Å². The number of hydrogen-bond donors (Lipinski definition) is 1. The summed E-state index contributed by atoms with van der Waals surface area (Å²) in [5.41, 5.74) is 5.99. The molecule has 0 fully saturated rings. The van der Waals surface area contributed by atoms with Crippen LogP contribution < -0.4 is 19.3 Å². The molecule has 2 aromatic heterocycles. The summed E-state index contributed by atoms with van der Waals surface area (Å²) in [6, 6.07) is 35.4. The van der Waals surface area contributed by atoms with E-state index >= 15 is 0 Å². The fraction of sp³-hybridized carbons (Fsp3) is 0.268. The minimum Gasteiger partial charge on any atom is -0.487 e. The number of pyridine rings is 2. The van der Waals surface area contributed by atoms with Gasteiger partial charge in [0, 0.05) is 34.9 Å². The molecular weight excluding hydrogens is 913 g/mol. The second-order valence-electron chi connectivity index (χ2n) is 18.2. The highest BCUT2D eigenvalue weighted by atomic mass is 16.6. The van der Waals surface area contributed by atoms with Crippen molar-refractivity contribution in [1.82, 2.24) is 9.97 Å². The van der Waals surface area contributed by atoms with Crippen LogP contribution in [0.25, 0.3) is 0 Å². The van der Waals surface area contributed by atoms with Gasteiger partial charge in [-0.05, 0) is 145 Å². The molecule has 16 heteroatoms. The van der Waals surface area contributed by atoms with Crippen molar-refractivity contribution in [1.29, 1.82) is 21.0 Å². The van der Waals surface area contributed by atoms with Gasteiger partial charge >= 0.3 is 12.2 Å². The predicted molar refractivity (Wildman–Crippen MR) is 267 cm³/mol. The van der Waals surface area contributed by atoms with Crippen molar-refractivity contribution in [3.8, 4) is 35.8 Å². The second kappa shape index (κ2) is 24.5. The number of benzene rings is 4. The zero-order valence-corrected chi connectivity index (χ0v) is 41.4. The van der Waals surface area contributed by atoms with Crippen molar-refractivity contribution in [3.05, 3.63) is 176 Å². The molecule has 6 rings (SSSR count). The van der Waals surface area contributed by atoms with Gasteiger partial charge in [-0.3, -0.25) is 24.6 Å². The van der Waals surface area contributed by atoms with E-state index in [1.54, 1.807) is 147 Å². The Labute approximate surface area is 419 Å². The highest BCUT2D eigenvalue weighted by molar-refractivity contribution is 5.90. The highest BCUT2D eigenvalue weighted by Gasteiger charge is 2.28. The van der Waals surface area contributed by atoms with Crippen LogP contribution in [0.3, 0.4) is 0 Å². The lowest BCUT2D eigenvalue weighted by Crippen LogP contribution is -2.36. The topological polar surface area (TPSA) is 236 Å². The number of anilines is 2.